The third-order valence-corrected chi connectivity index (χ3v) is 3.68. The van der Waals surface area contributed by atoms with E-state index in [1.807, 2.05) is 0 Å². The van der Waals surface area contributed by atoms with Crippen molar-refractivity contribution in [2.45, 2.75) is 12.7 Å². The van der Waals surface area contributed by atoms with Gasteiger partial charge in [-0.25, -0.2) is 0 Å². The number of aliphatic hydroxyl groups excluding tert-OH is 1. The van der Waals surface area contributed by atoms with Crippen LogP contribution in [0.15, 0.2) is 12.2 Å². The summed E-state index contributed by atoms with van der Waals surface area (Å²) < 4.78 is 10.6. The van der Waals surface area contributed by atoms with E-state index in [4.69, 9.17) is 9.47 Å². The molecule has 80 valence electrons. The highest BCUT2D eigenvalue weighted by Crippen LogP contribution is 2.49. The van der Waals surface area contributed by atoms with E-state index >= 15 is 0 Å². The molecule has 0 amide bonds. The smallest absolute Gasteiger partial charge is 0.160 e. The number of hydrogen-bond acceptors (Lipinski definition) is 3. The summed E-state index contributed by atoms with van der Waals surface area (Å²) in [6.45, 7) is 0.236. The van der Waals surface area contributed by atoms with Gasteiger partial charge in [0.05, 0.1) is 0 Å². The van der Waals surface area contributed by atoms with Gasteiger partial charge in [0.25, 0.3) is 0 Å². The van der Waals surface area contributed by atoms with E-state index in [1.165, 1.54) is 0 Å². The Balaban J connectivity index is 2.13. The van der Waals surface area contributed by atoms with Gasteiger partial charge in [-0.3, -0.25) is 0 Å². The summed E-state index contributed by atoms with van der Waals surface area (Å²) in [5.41, 5.74) is 0. The lowest BCUT2D eigenvalue weighted by Crippen LogP contribution is -2.35. The minimum Gasteiger partial charge on any atom is -0.396 e. The minimum atomic E-state index is -0.174. The Kier molecular flexibility index (Phi) is 2.91. The molecule has 2 rings (SSSR count). The molecule has 0 spiro atoms. The second-order valence-corrected chi connectivity index (χ2v) is 4.21. The van der Waals surface area contributed by atoms with Crippen LogP contribution in [-0.4, -0.2) is 32.2 Å². The largest absolute Gasteiger partial charge is 0.396 e. The Morgan fingerprint density at radius 3 is 2.50 bits per heavy atom. The predicted octanol–water partition coefficient (Wildman–Crippen LogP) is 1.04. The topological polar surface area (TPSA) is 38.7 Å². The maximum Gasteiger partial charge on any atom is 0.160 e. The molecule has 1 N–H and O–H groups in total. The lowest BCUT2D eigenvalue weighted by molar-refractivity contribution is -0.156. The van der Waals surface area contributed by atoms with Crippen molar-refractivity contribution in [2.24, 2.45) is 23.7 Å². The van der Waals surface area contributed by atoms with E-state index in [-0.39, 0.29) is 12.9 Å². The maximum absolute atomic E-state index is 9.35. The van der Waals surface area contributed by atoms with E-state index in [0.717, 1.165) is 6.42 Å². The molecule has 4 atom stereocenters. The van der Waals surface area contributed by atoms with Crippen LogP contribution in [0.2, 0.25) is 0 Å². The first-order chi connectivity index (χ1) is 6.81. The zero-order chi connectivity index (χ0) is 10.1. The van der Waals surface area contributed by atoms with Crippen LogP contribution in [0.25, 0.3) is 0 Å². The van der Waals surface area contributed by atoms with Crippen molar-refractivity contribution in [3.8, 4) is 0 Å². The third-order valence-electron chi connectivity index (χ3n) is 3.68. The molecule has 0 radical (unpaired) electrons. The van der Waals surface area contributed by atoms with Gasteiger partial charge < -0.3 is 14.6 Å². The number of fused-ring (bicyclic) bond motifs is 2. The van der Waals surface area contributed by atoms with Crippen molar-refractivity contribution >= 4 is 0 Å². The summed E-state index contributed by atoms with van der Waals surface area (Å²) in [5, 5.41) is 9.35. The summed E-state index contributed by atoms with van der Waals surface area (Å²) in [5.74, 6) is 1.70. The standard InChI is InChI=1S/C11H18O3/c1-13-11(14-2)10-8-4-3-7(5-8)9(10)6-12/h3-4,7-12H,5-6H2,1-2H3/t7-,8+,9-,10+/m1/s1. The van der Waals surface area contributed by atoms with Gasteiger partial charge in [0.1, 0.15) is 0 Å². The van der Waals surface area contributed by atoms with Crippen LogP contribution in [0.4, 0.5) is 0 Å². The molecule has 3 nitrogen and oxygen atoms in total. The molecule has 0 unspecified atom stereocenters. The summed E-state index contributed by atoms with van der Waals surface area (Å²) in [6, 6.07) is 0. The van der Waals surface area contributed by atoms with Gasteiger partial charge in [0.2, 0.25) is 0 Å². The normalized spacial score (nSPS) is 40.0. The van der Waals surface area contributed by atoms with Crippen LogP contribution in [-0.2, 0) is 9.47 Å². The predicted molar refractivity (Wildman–Crippen MR) is 52.6 cm³/mol. The first kappa shape index (κ1) is 10.1. The summed E-state index contributed by atoms with van der Waals surface area (Å²) in [4.78, 5) is 0. The van der Waals surface area contributed by atoms with Crippen LogP contribution >= 0.6 is 0 Å². The van der Waals surface area contributed by atoms with E-state index in [1.54, 1.807) is 14.2 Å². The monoisotopic (exact) mass is 198 g/mol. The fraction of sp³-hybridized carbons (Fsp3) is 0.818. The lowest BCUT2D eigenvalue weighted by atomic mass is 9.83. The fourth-order valence-electron chi connectivity index (χ4n) is 3.03. The number of rotatable bonds is 4. The second kappa shape index (κ2) is 4.01. The molecule has 1 saturated carbocycles. The van der Waals surface area contributed by atoms with Crippen LogP contribution < -0.4 is 0 Å². The van der Waals surface area contributed by atoms with Crippen molar-refractivity contribution in [1.29, 1.82) is 0 Å². The highest BCUT2D eigenvalue weighted by atomic mass is 16.7. The molecular weight excluding hydrogens is 180 g/mol. The highest BCUT2D eigenvalue weighted by Gasteiger charge is 2.47. The number of allylic oxidation sites excluding steroid dienone is 2. The molecule has 14 heavy (non-hydrogen) atoms. The maximum atomic E-state index is 9.35. The fourth-order valence-corrected chi connectivity index (χ4v) is 3.03. The van der Waals surface area contributed by atoms with E-state index < -0.39 is 0 Å². The molecule has 0 aromatic heterocycles. The van der Waals surface area contributed by atoms with Crippen LogP contribution in [0, 0.1) is 23.7 Å². The van der Waals surface area contributed by atoms with E-state index in [2.05, 4.69) is 12.2 Å². The van der Waals surface area contributed by atoms with Gasteiger partial charge in [-0.1, -0.05) is 12.2 Å². The molecule has 0 aromatic rings. The van der Waals surface area contributed by atoms with Crippen LogP contribution in [0.5, 0.6) is 0 Å². The van der Waals surface area contributed by atoms with Crippen molar-refractivity contribution in [2.75, 3.05) is 20.8 Å². The molecule has 3 heteroatoms. The molecule has 0 aliphatic heterocycles. The molecule has 2 bridgehead atoms. The minimum absolute atomic E-state index is 0.174. The highest BCUT2D eigenvalue weighted by molar-refractivity contribution is 5.14. The van der Waals surface area contributed by atoms with Gasteiger partial charge >= 0.3 is 0 Å². The Morgan fingerprint density at radius 2 is 1.93 bits per heavy atom. The van der Waals surface area contributed by atoms with Gasteiger partial charge in [0, 0.05) is 26.7 Å². The average molecular weight is 198 g/mol. The van der Waals surface area contributed by atoms with Gasteiger partial charge in [-0.15, -0.1) is 0 Å². The second-order valence-electron chi connectivity index (χ2n) is 4.21. The Hall–Kier alpha value is -0.380. The molecule has 2 aliphatic rings. The summed E-state index contributed by atoms with van der Waals surface area (Å²) in [7, 11) is 3.33. The molecule has 0 aromatic carbocycles. The molecule has 0 heterocycles. The van der Waals surface area contributed by atoms with E-state index in [9.17, 15) is 5.11 Å². The Labute approximate surface area is 84.7 Å². The lowest BCUT2D eigenvalue weighted by Gasteiger charge is -2.31. The van der Waals surface area contributed by atoms with Crippen molar-refractivity contribution < 1.29 is 14.6 Å². The third kappa shape index (κ3) is 1.40. The van der Waals surface area contributed by atoms with Crippen LogP contribution in [0.3, 0.4) is 0 Å². The van der Waals surface area contributed by atoms with Crippen molar-refractivity contribution in [1.82, 2.24) is 0 Å². The van der Waals surface area contributed by atoms with Crippen LogP contribution in [0.1, 0.15) is 6.42 Å². The number of aliphatic hydroxyl groups is 1. The Bertz CT molecular complexity index is 223. The molecular formula is C11H18O3. The molecule has 2 aliphatic carbocycles. The van der Waals surface area contributed by atoms with Crippen molar-refractivity contribution in [3.63, 3.8) is 0 Å². The quantitative estimate of drug-likeness (QED) is 0.542. The molecule has 1 fully saturated rings. The number of ether oxygens (including phenoxy) is 2. The number of hydrogen-bond donors (Lipinski definition) is 1. The van der Waals surface area contributed by atoms with Gasteiger partial charge in [-0.05, 0) is 24.2 Å². The first-order valence-electron chi connectivity index (χ1n) is 5.16. The zero-order valence-electron chi connectivity index (χ0n) is 8.72. The summed E-state index contributed by atoms with van der Waals surface area (Å²) >= 11 is 0. The number of methoxy groups -OCH3 is 2. The zero-order valence-corrected chi connectivity index (χ0v) is 8.72. The Morgan fingerprint density at radius 1 is 1.29 bits per heavy atom. The van der Waals surface area contributed by atoms with E-state index in [0.29, 0.717) is 23.7 Å². The summed E-state index contributed by atoms with van der Waals surface area (Å²) in [6.07, 6.45) is 5.45. The van der Waals surface area contributed by atoms with Gasteiger partial charge in [-0.2, -0.15) is 0 Å². The molecule has 0 saturated heterocycles. The van der Waals surface area contributed by atoms with Crippen molar-refractivity contribution in [3.05, 3.63) is 12.2 Å². The average Bonchev–Trinajstić information content (AvgIpc) is 2.79. The first-order valence-corrected chi connectivity index (χ1v) is 5.16. The SMILES string of the molecule is COC(OC)[C@@H]1[C@H](CO)[C@@H]2C=C[C@H]1C2. The van der Waals surface area contributed by atoms with Gasteiger partial charge in [0.15, 0.2) is 6.29 Å².